The molecule has 0 aromatic carbocycles. The number of nitrogens with zero attached hydrogens (tertiary/aromatic N) is 2. The van der Waals surface area contributed by atoms with Gasteiger partial charge in [-0.3, -0.25) is 4.68 Å². The molecule has 0 fully saturated rings. The van der Waals surface area contributed by atoms with Crippen LogP contribution in [0.25, 0.3) is 0 Å². The number of aryl methyl sites for hydroxylation is 2. The van der Waals surface area contributed by atoms with E-state index in [9.17, 15) is 8.78 Å². The molecule has 0 bridgehead atoms. The van der Waals surface area contributed by atoms with Gasteiger partial charge in [-0.05, 0) is 13.8 Å². The van der Waals surface area contributed by atoms with E-state index in [1.54, 1.807) is 6.92 Å². The Morgan fingerprint density at radius 1 is 1.62 bits per heavy atom. The summed E-state index contributed by atoms with van der Waals surface area (Å²) in [5, 5.41) is 13.0. The molecule has 13 heavy (non-hydrogen) atoms. The number of hydrogen-bond donors (Lipinski definition) is 1. The van der Waals surface area contributed by atoms with Crippen molar-refractivity contribution < 1.29 is 13.9 Å². The predicted molar refractivity (Wildman–Crippen MR) is 43.6 cm³/mol. The molecule has 1 heterocycles. The van der Waals surface area contributed by atoms with Crippen molar-refractivity contribution in [2.75, 3.05) is 0 Å². The van der Waals surface area contributed by atoms with Crippen molar-refractivity contribution in [3.63, 3.8) is 0 Å². The zero-order valence-electron chi connectivity index (χ0n) is 7.54. The lowest BCUT2D eigenvalue weighted by molar-refractivity contribution is -0.00617. The van der Waals surface area contributed by atoms with Gasteiger partial charge in [-0.2, -0.15) is 5.10 Å². The molecule has 1 rings (SSSR count). The summed E-state index contributed by atoms with van der Waals surface area (Å²) in [5.74, 6) is 0. The summed E-state index contributed by atoms with van der Waals surface area (Å²) in [6.45, 7) is 4.06. The van der Waals surface area contributed by atoms with Crippen LogP contribution in [-0.2, 0) is 6.54 Å². The Labute approximate surface area is 75.0 Å². The lowest BCUT2D eigenvalue weighted by atomic mass is 10.1. The lowest BCUT2D eigenvalue weighted by Crippen LogP contribution is -2.08. The molecule has 3 nitrogen and oxygen atoms in total. The summed E-state index contributed by atoms with van der Waals surface area (Å²) in [6.07, 6.45) is -3.03. The Bertz CT molecular complexity index is 286. The van der Waals surface area contributed by atoms with E-state index < -0.39 is 12.5 Å². The molecule has 0 radical (unpaired) electrons. The molecule has 1 N–H and O–H groups in total. The second kappa shape index (κ2) is 3.83. The number of halogens is 2. The van der Waals surface area contributed by atoms with Crippen LogP contribution in [0.5, 0.6) is 0 Å². The first-order valence-corrected chi connectivity index (χ1v) is 4.06. The molecule has 1 aromatic heterocycles. The normalized spacial score (nSPS) is 13.7. The van der Waals surface area contributed by atoms with Gasteiger partial charge < -0.3 is 5.11 Å². The van der Waals surface area contributed by atoms with Crippen LogP contribution < -0.4 is 0 Å². The quantitative estimate of drug-likeness (QED) is 0.784. The maximum absolute atomic E-state index is 12.1. The third kappa shape index (κ3) is 2.03. The number of alkyl halides is 2. The maximum Gasteiger partial charge on any atom is 0.268 e. The second-order valence-corrected chi connectivity index (χ2v) is 2.80. The van der Waals surface area contributed by atoms with Gasteiger partial charge in [0.05, 0.1) is 5.69 Å². The molecule has 1 atom stereocenters. The van der Waals surface area contributed by atoms with Crippen LogP contribution in [0.1, 0.15) is 24.3 Å². The molecule has 0 aliphatic heterocycles. The molecule has 0 saturated heterocycles. The summed E-state index contributed by atoms with van der Waals surface area (Å²) in [4.78, 5) is 0. The molecule has 1 aromatic rings. The topological polar surface area (TPSA) is 38.0 Å². The first kappa shape index (κ1) is 10.1. The second-order valence-electron chi connectivity index (χ2n) is 2.80. The molecule has 0 unspecified atom stereocenters. The molecular formula is C8H12F2N2O. The van der Waals surface area contributed by atoms with Crippen LogP contribution in [0.15, 0.2) is 6.20 Å². The van der Waals surface area contributed by atoms with Gasteiger partial charge in [0.15, 0.2) is 0 Å². The summed E-state index contributed by atoms with van der Waals surface area (Å²) in [5.41, 5.74) is 0.659. The first-order valence-electron chi connectivity index (χ1n) is 4.06. The molecule has 74 valence electrons. The van der Waals surface area contributed by atoms with Crippen molar-refractivity contribution in [2.24, 2.45) is 0 Å². The monoisotopic (exact) mass is 190 g/mol. The standard InChI is InChI=1S/C8H12F2N2O/c1-3-12-4-6(5(2)11-12)7(13)8(9)10/h4,7-8,13H,3H2,1-2H3/t7-/m1/s1. The Hall–Kier alpha value is -0.970. The molecule has 0 aliphatic rings. The molecule has 0 spiro atoms. The maximum atomic E-state index is 12.1. The van der Waals surface area contributed by atoms with Crippen molar-refractivity contribution in [3.05, 3.63) is 17.5 Å². The van der Waals surface area contributed by atoms with Crippen LogP contribution in [0.3, 0.4) is 0 Å². The molecule has 5 heteroatoms. The van der Waals surface area contributed by atoms with Crippen LogP contribution in [0.4, 0.5) is 8.78 Å². The highest BCUT2D eigenvalue weighted by atomic mass is 19.3. The fraction of sp³-hybridized carbons (Fsp3) is 0.625. The number of aliphatic hydroxyl groups excluding tert-OH is 1. The van der Waals surface area contributed by atoms with Gasteiger partial charge in [0.25, 0.3) is 6.43 Å². The van der Waals surface area contributed by atoms with E-state index in [4.69, 9.17) is 5.11 Å². The van der Waals surface area contributed by atoms with Gasteiger partial charge in [0, 0.05) is 18.3 Å². The van der Waals surface area contributed by atoms with Crippen LogP contribution >= 0.6 is 0 Å². The van der Waals surface area contributed by atoms with E-state index in [1.165, 1.54) is 10.9 Å². The predicted octanol–water partition coefficient (Wildman–Crippen LogP) is 1.51. The van der Waals surface area contributed by atoms with E-state index in [2.05, 4.69) is 5.10 Å². The highest BCUT2D eigenvalue weighted by molar-refractivity contribution is 5.18. The van der Waals surface area contributed by atoms with E-state index in [0.29, 0.717) is 12.2 Å². The van der Waals surface area contributed by atoms with Gasteiger partial charge in [-0.15, -0.1) is 0 Å². The van der Waals surface area contributed by atoms with Gasteiger partial charge in [0.2, 0.25) is 0 Å². The fourth-order valence-corrected chi connectivity index (χ4v) is 1.12. The minimum absolute atomic E-state index is 0.205. The van der Waals surface area contributed by atoms with Crippen molar-refractivity contribution in [3.8, 4) is 0 Å². The van der Waals surface area contributed by atoms with E-state index in [0.717, 1.165) is 0 Å². The average molecular weight is 190 g/mol. The Morgan fingerprint density at radius 2 is 2.23 bits per heavy atom. The summed E-state index contributed by atoms with van der Waals surface area (Å²) >= 11 is 0. The van der Waals surface area contributed by atoms with Crippen molar-refractivity contribution in [1.82, 2.24) is 9.78 Å². The SMILES string of the molecule is CCn1cc([C@@H](O)C(F)F)c(C)n1. The Kier molecular flexibility index (Phi) is 2.98. The van der Waals surface area contributed by atoms with Gasteiger partial charge in [-0.25, -0.2) is 8.78 Å². The van der Waals surface area contributed by atoms with Gasteiger partial charge in [-0.1, -0.05) is 0 Å². The van der Waals surface area contributed by atoms with Crippen molar-refractivity contribution in [2.45, 2.75) is 32.9 Å². The van der Waals surface area contributed by atoms with Gasteiger partial charge >= 0.3 is 0 Å². The van der Waals surface area contributed by atoms with Crippen molar-refractivity contribution in [1.29, 1.82) is 0 Å². The Balaban J connectivity index is 2.93. The van der Waals surface area contributed by atoms with Crippen LogP contribution in [0.2, 0.25) is 0 Å². The summed E-state index contributed by atoms with van der Waals surface area (Å²) in [7, 11) is 0. The number of aromatic nitrogens is 2. The van der Waals surface area contributed by atoms with E-state index >= 15 is 0 Å². The smallest absolute Gasteiger partial charge is 0.268 e. The largest absolute Gasteiger partial charge is 0.382 e. The van der Waals surface area contributed by atoms with Crippen LogP contribution in [-0.4, -0.2) is 21.3 Å². The zero-order valence-corrected chi connectivity index (χ0v) is 7.54. The number of hydrogen-bond acceptors (Lipinski definition) is 2. The Morgan fingerprint density at radius 3 is 2.62 bits per heavy atom. The van der Waals surface area contributed by atoms with Gasteiger partial charge in [0.1, 0.15) is 6.10 Å². The van der Waals surface area contributed by atoms with Crippen LogP contribution in [0, 0.1) is 6.92 Å². The molecular weight excluding hydrogens is 178 g/mol. The number of rotatable bonds is 3. The van der Waals surface area contributed by atoms with E-state index in [-0.39, 0.29) is 5.56 Å². The molecule has 0 amide bonds. The molecule has 0 aliphatic carbocycles. The third-order valence-electron chi connectivity index (χ3n) is 1.87. The van der Waals surface area contributed by atoms with E-state index in [1.807, 2.05) is 6.92 Å². The summed E-state index contributed by atoms with van der Waals surface area (Å²) in [6, 6.07) is 0. The first-order chi connectivity index (χ1) is 6.06. The molecule has 0 saturated carbocycles. The highest BCUT2D eigenvalue weighted by Gasteiger charge is 2.22. The minimum atomic E-state index is -2.76. The average Bonchev–Trinajstić information content (AvgIpc) is 2.45. The summed E-state index contributed by atoms with van der Waals surface area (Å²) < 4.78 is 25.8. The highest BCUT2D eigenvalue weighted by Crippen LogP contribution is 2.22. The van der Waals surface area contributed by atoms with Crippen molar-refractivity contribution >= 4 is 0 Å². The minimum Gasteiger partial charge on any atom is -0.382 e. The zero-order chi connectivity index (χ0) is 10.0. The number of aliphatic hydroxyl groups is 1. The lowest BCUT2D eigenvalue weighted by Gasteiger charge is -2.06. The fourth-order valence-electron chi connectivity index (χ4n) is 1.12. The third-order valence-corrected chi connectivity index (χ3v) is 1.87.